The van der Waals surface area contributed by atoms with E-state index in [1.165, 1.54) is 32.1 Å². The van der Waals surface area contributed by atoms with Gasteiger partial charge in [0.05, 0.1) is 0 Å². The molecule has 0 aromatic carbocycles. The standard InChI is InChI=1S/C16H28/c1-6-9-10-11-12-16(8-3)13-15(5)14(4)7-2/h1,8,14-16H,3,7,9-13H2,2,4-5H3. The van der Waals surface area contributed by atoms with Gasteiger partial charge in [0, 0.05) is 6.42 Å². The number of unbranched alkanes of at least 4 members (excludes halogenated alkanes) is 2. The van der Waals surface area contributed by atoms with Crippen LogP contribution in [-0.4, -0.2) is 0 Å². The van der Waals surface area contributed by atoms with E-state index >= 15 is 0 Å². The normalized spacial score (nSPS) is 16.1. The van der Waals surface area contributed by atoms with Crippen LogP contribution in [0.25, 0.3) is 0 Å². The molecule has 0 spiro atoms. The van der Waals surface area contributed by atoms with E-state index < -0.39 is 0 Å². The summed E-state index contributed by atoms with van der Waals surface area (Å²) in [4.78, 5) is 0. The summed E-state index contributed by atoms with van der Waals surface area (Å²) in [5.74, 6) is 5.02. The molecule has 0 aromatic heterocycles. The van der Waals surface area contributed by atoms with Gasteiger partial charge in [0.1, 0.15) is 0 Å². The number of hydrogen-bond acceptors (Lipinski definition) is 0. The Morgan fingerprint density at radius 3 is 2.44 bits per heavy atom. The molecule has 0 heterocycles. The minimum atomic E-state index is 0.682. The molecule has 0 heteroatoms. The molecule has 0 amide bonds. The second-order valence-corrected chi connectivity index (χ2v) is 5.04. The molecule has 0 aliphatic rings. The molecule has 0 aliphatic carbocycles. The summed E-state index contributed by atoms with van der Waals surface area (Å²) in [7, 11) is 0. The van der Waals surface area contributed by atoms with Gasteiger partial charge in [0.15, 0.2) is 0 Å². The predicted octanol–water partition coefficient (Wildman–Crippen LogP) is 5.05. The van der Waals surface area contributed by atoms with Crippen molar-refractivity contribution in [2.45, 2.75) is 59.3 Å². The van der Waals surface area contributed by atoms with Crippen LogP contribution in [0.5, 0.6) is 0 Å². The Hall–Kier alpha value is -0.700. The zero-order chi connectivity index (χ0) is 12.4. The first-order valence-electron chi connectivity index (χ1n) is 6.71. The monoisotopic (exact) mass is 220 g/mol. The highest BCUT2D eigenvalue weighted by Gasteiger charge is 2.14. The SMILES string of the molecule is C#CCCCCC(C=C)CC(C)C(C)CC. The van der Waals surface area contributed by atoms with Gasteiger partial charge in [-0.15, -0.1) is 18.9 Å². The van der Waals surface area contributed by atoms with Crippen molar-refractivity contribution >= 4 is 0 Å². The second-order valence-electron chi connectivity index (χ2n) is 5.04. The molecule has 0 aromatic rings. The summed E-state index contributed by atoms with van der Waals surface area (Å²) in [6.45, 7) is 11.0. The van der Waals surface area contributed by atoms with Gasteiger partial charge in [0.2, 0.25) is 0 Å². The maximum atomic E-state index is 5.25. The molecule has 0 rings (SSSR count). The van der Waals surface area contributed by atoms with Gasteiger partial charge in [-0.3, -0.25) is 0 Å². The number of terminal acetylenes is 1. The van der Waals surface area contributed by atoms with E-state index in [1.807, 2.05) is 0 Å². The van der Waals surface area contributed by atoms with Crippen LogP contribution in [-0.2, 0) is 0 Å². The van der Waals surface area contributed by atoms with E-state index in [1.54, 1.807) is 0 Å². The van der Waals surface area contributed by atoms with E-state index in [0.29, 0.717) is 5.92 Å². The zero-order valence-electron chi connectivity index (χ0n) is 11.3. The smallest absolute Gasteiger partial charge is 0.00860 e. The van der Waals surface area contributed by atoms with Gasteiger partial charge < -0.3 is 0 Å². The first kappa shape index (κ1) is 15.3. The molecule has 3 atom stereocenters. The van der Waals surface area contributed by atoms with E-state index in [2.05, 4.69) is 39.3 Å². The highest BCUT2D eigenvalue weighted by atomic mass is 14.2. The van der Waals surface area contributed by atoms with Crippen LogP contribution in [0.2, 0.25) is 0 Å². The zero-order valence-corrected chi connectivity index (χ0v) is 11.3. The molecule has 0 radical (unpaired) electrons. The van der Waals surface area contributed by atoms with Crippen molar-refractivity contribution in [2.24, 2.45) is 17.8 Å². The first-order chi connectivity index (χ1) is 7.65. The van der Waals surface area contributed by atoms with Gasteiger partial charge in [-0.2, -0.15) is 0 Å². The fraction of sp³-hybridized carbons (Fsp3) is 0.750. The van der Waals surface area contributed by atoms with E-state index in [4.69, 9.17) is 6.42 Å². The van der Waals surface area contributed by atoms with Crippen LogP contribution < -0.4 is 0 Å². The fourth-order valence-corrected chi connectivity index (χ4v) is 2.08. The van der Waals surface area contributed by atoms with E-state index in [-0.39, 0.29) is 0 Å². The summed E-state index contributed by atoms with van der Waals surface area (Å²) in [6, 6.07) is 0. The lowest BCUT2D eigenvalue weighted by molar-refractivity contribution is 0.311. The van der Waals surface area contributed by atoms with Gasteiger partial charge in [0.25, 0.3) is 0 Å². The van der Waals surface area contributed by atoms with Crippen molar-refractivity contribution in [1.82, 2.24) is 0 Å². The van der Waals surface area contributed by atoms with Crippen LogP contribution in [0.15, 0.2) is 12.7 Å². The quantitative estimate of drug-likeness (QED) is 0.289. The Bertz CT molecular complexity index is 209. The summed E-state index contributed by atoms with van der Waals surface area (Å²) in [5.41, 5.74) is 0. The Morgan fingerprint density at radius 1 is 1.25 bits per heavy atom. The van der Waals surface area contributed by atoms with Crippen LogP contribution in [0.4, 0.5) is 0 Å². The fourth-order valence-electron chi connectivity index (χ4n) is 2.08. The molecule has 16 heavy (non-hydrogen) atoms. The predicted molar refractivity (Wildman–Crippen MR) is 74.2 cm³/mol. The summed E-state index contributed by atoms with van der Waals surface area (Å²) in [5, 5.41) is 0. The minimum absolute atomic E-state index is 0.682. The highest BCUT2D eigenvalue weighted by molar-refractivity contribution is 4.84. The van der Waals surface area contributed by atoms with Crippen LogP contribution in [0.1, 0.15) is 59.3 Å². The molecule has 0 bridgehead atoms. The van der Waals surface area contributed by atoms with Crippen molar-refractivity contribution in [3.8, 4) is 12.3 Å². The van der Waals surface area contributed by atoms with Crippen LogP contribution >= 0.6 is 0 Å². The lowest BCUT2D eigenvalue weighted by atomic mass is 9.83. The number of hydrogen-bond donors (Lipinski definition) is 0. The Morgan fingerprint density at radius 2 is 1.94 bits per heavy atom. The first-order valence-corrected chi connectivity index (χ1v) is 6.71. The second kappa shape index (κ2) is 9.52. The van der Waals surface area contributed by atoms with Crippen LogP contribution in [0, 0.1) is 30.1 Å². The molecular weight excluding hydrogens is 192 g/mol. The topological polar surface area (TPSA) is 0 Å². The molecule has 0 fully saturated rings. The summed E-state index contributed by atoms with van der Waals surface area (Å²) in [6.07, 6.45) is 14.5. The van der Waals surface area contributed by atoms with E-state index in [0.717, 1.165) is 18.3 Å². The van der Waals surface area contributed by atoms with Crippen molar-refractivity contribution in [2.75, 3.05) is 0 Å². The van der Waals surface area contributed by atoms with Crippen molar-refractivity contribution in [1.29, 1.82) is 0 Å². The van der Waals surface area contributed by atoms with Gasteiger partial charge >= 0.3 is 0 Å². The Labute approximate surface area is 103 Å². The molecule has 3 unspecified atom stereocenters. The summed E-state index contributed by atoms with van der Waals surface area (Å²) < 4.78 is 0. The molecule has 0 saturated heterocycles. The van der Waals surface area contributed by atoms with Gasteiger partial charge in [-0.1, -0.05) is 39.7 Å². The minimum Gasteiger partial charge on any atom is -0.120 e. The third-order valence-corrected chi connectivity index (χ3v) is 3.77. The average Bonchev–Trinajstić information content (AvgIpc) is 2.31. The van der Waals surface area contributed by atoms with Crippen molar-refractivity contribution in [3.05, 3.63) is 12.7 Å². The van der Waals surface area contributed by atoms with Gasteiger partial charge in [-0.25, -0.2) is 0 Å². The van der Waals surface area contributed by atoms with Crippen molar-refractivity contribution in [3.63, 3.8) is 0 Å². The molecule has 92 valence electrons. The molecule has 0 nitrogen and oxygen atoms in total. The lowest BCUT2D eigenvalue weighted by Crippen LogP contribution is -2.11. The molecule has 0 aliphatic heterocycles. The molecule has 0 saturated carbocycles. The maximum Gasteiger partial charge on any atom is 0.00860 e. The lowest BCUT2D eigenvalue weighted by Gasteiger charge is -2.22. The van der Waals surface area contributed by atoms with E-state index in [9.17, 15) is 0 Å². The number of allylic oxidation sites excluding steroid dienone is 1. The average molecular weight is 220 g/mol. The summed E-state index contributed by atoms with van der Waals surface area (Å²) >= 11 is 0. The van der Waals surface area contributed by atoms with Crippen LogP contribution in [0.3, 0.4) is 0 Å². The Kier molecular flexibility index (Phi) is 9.10. The third-order valence-electron chi connectivity index (χ3n) is 3.77. The number of rotatable bonds is 9. The largest absolute Gasteiger partial charge is 0.120 e. The molecule has 0 N–H and O–H groups in total. The molecular formula is C16H28. The maximum absolute atomic E-state index is 5.25. The van der Waals surface area contributed by atoms with Gasteiger partial charge in [-0.05, 0) is 37.0 Å². The van der Waals surface area contributed by atoms with Crippen molar-refractivity contribution < 1.29 is 0 Å². The Balaban J connectivity index is 3.82. The highest BCUT2D eigenvalue weighted by Crippen LogP contribution is 2.26. The third kappa shape index (κ3) is 6.72.